The van der Waals surface area contributed by atoms with Crippen LogP contribution in [0.15, 0.2) is 12.4 Å². The molecule has 0 saturated carbocycles. The summed E-state index contributed by atoms with van der Waals surface area (Å²) in [5.74, 6) is 0. The van der Waals surface area contributed by atoms with Crippen molar-refractivity contribution >= 4 is 30.7 Å². The Morgan fingerprint density at radius 1 is 1.83 bits per heavy atom. The molecule has 2 nitrogen and oxygen atoms in total. The molecule has 1 N–H and O–H groups in total. The molecule has 0 aliphatic rings. The van der Waals surface area contributed by atoms with Crippen LogP contribution in [0.3, 0.4) is 0 Å². The van der Waals surface area contributed by atoms with Crippen LogP contribution in [0, 0.1) is 0 Å². The molecule has 0 saturated heterocycles. The van der Waals surface area contributed by atoms with Crippen molar-refractivity contribution in [2.24, 2.45) is 0 Å². The Hall–Kier alpha value is 0.210. The van der Waals surface area contributed by atoms with E-state index in [4.69, 9.17) is 0 Å². The first kappa shape index (κ1) is 4.37. The Kier molecular flexibility index (Phi) is 1.29. The number of nitrogens with zero attached hydrogens (tertiary/aromatic N) is 1. The van der Waals surface area contributed by atoms with Gasteiger partial charge < -0.3 is 0 Å². The molecule has 0 aliphatic heterocycles. The molecule has 0 radical (unpaired) electrons. The molecule has 1 heterocycles. The van der Waals surface area contributed by atoms with Crippen LogP contribution < -0.4 is 2.81 Å². The van der Waals surface area contributed by atoms with Crippen molar-refractivity contribution in [1.29, 1.82) is 0 Å². The molecule has 0 spiro atoms. The SMILES string of the molecule is [Na][c]1cn[nH]c1. The van der Waals surface area contributed by atoms with Crippen molar-refractivity contribution in [3.05, 3.63) is 12.4 Å². The molecule has 1 rings (SSSR count). The average molecular weight is 90.1 g/mol. The van der Waals surface area contributed by atoms with E-state index in [1.807, 2.05) is 12.4 Å². The fourth-order valence-electron chi connectivity index (χ4n) is 0.315. The fraction of sp³-hybridized carbons (Fsp3) is 0. The van der Waals surface area contributed by atoms with Gasteiger partial charge in [0.2, 0.25) is 0 Å². The van der Waals surface area contributed by atoms with E-state index in [0.717, 1.165) is 27.9 Å². The van der Waals surface area contributed by atoms with Gasteiger partial charge >= 0.3 is 53.3 Å². The number of aromatic nitrogens is 2. The molecule has 0 amide bonds. The summed E-state index contributed by atoms with van der Waals surface area (Å²) in [5.41, 5.74) is 0. The monoisotopic (exact) mass is 90.0 g/mol. The van der Waals surface area contributed by atoms with Crippen LogP contribution in [0.25, 0.3) is 0 Å². The predicted molar refractivity (Wildman–Crippen MR) is 24.0 cm³/mol. The number of H-pyrrole nitrogens is 1. The minimum atomic E-state index is 1.10. The van der Waals surface area contributed by atoms with Gasteiger partial charge in [-0.15, -0.1) is 0 Å². The van der Waals surface area contributed by atoms with Crippen LogP contribution >= 0.6 is 0 Å². The Morgan fingerprint density at radius 2 is 2.67 bits per heavy atom. The quantitative estimate of drug-likeness (QED) is 0.415. The topological polar surface area (TPSA) is 28.7 Å². The number of hydrogen-bond acceptors (Lipinski definition) is 1. The minimum absolute atomic E-state index is 1.10. The Labute approximate surface area is 53.4 Å². The Balaban J connectivity index is 3.05. The molecular weight excluding hydrogens is 87.0 g/mol. The standard InChI is InChI=1S/C3H3N2.Na/c1-2-4-5-3-1;/h2-3H,(H,4,5);. The third-order valence-electron chi connectivity index (χ3n) is 0.635. The molecule has 0 aliphatic carbocycles. The average Bonchev–Trinajstić information content (AvgIpc) is 1.86. The molecule has 0 bridgehead atoms. The summed E-state index contributed by atoms with van der Waals surface area (Å²) in [4.78, 5) is 0. The van der Waals surface area contributed by atoms with Crippen LogP contribution in [0.2, 0.25) is 0 Å². The second kappa shape index (κ2) is 1.78. The zero-order valence-corrected chi connectivity index (χ0v) is 5.60. The van der Waals surface area contributed by atoms with Gasteiger partial charge in [-0.25, -0.2) is 0 Å². The van der Waals surface area contributed by atoms with Crippen molar-refractivity contribution in [3.8, 4) is 0 Å². The number of nitrogens with one attached hydrogen (secondary N) is 1. The van der Waals surface area contributed by atoms with Gasteiger partial charge in [0.1, 0.15) is 0 Å². The van der Waals surface area contributed by atoms with Gasteiger partial charge in [-0.2, -0.15) is 0 Å². The molecule has 1 aromatic rings. The van der Waals surface area contributed by atoms with Gasteiger partial charge in [0, 0.05) is 0 Å². The van der Waals surface area contributed by atoms with Gasteiger partial charge in [-0.3, -0.25) is 0 Å². The molecule has 26 valence electrons. The summed E-state index contributed by atoms with van der Waals surface area (Å²) in [6.07, 6.45) is 3.75. The van der Waals surface area contributed by atoms with Crippen LogP contribution in [0.1, 0.15) is 0 Å². The molecule has 0 unspecified atom stereocenters. The van der Waals surface area contributed by atoms with Gasteiger partial charge in [0.15, 0.2) is 0 Å². The number of aromatic amines is 1. The van der Waals surface area contributed by atoms with E-state index in [9.17, 15) is 0 Å². The van der Waals surface area contributed by atoms with E-state index in [1.165, 1.54) is 2.81 Å². The number of rotatable bonds is 0. The van der Waals surface area contributed by atoms with Gasteiger partial charge in [-0.05, 0) is 0 Å². The van der Waals surface area contributed by atoms with Crippen molar-refractivity contribution in [2.45, 2.75) is 0 Å². The van der Waals surface area contributed by atoms with Crippen LogP contribution in [0.5, 0.6) is 0 Å². The normalized spacial score (nSPS) is 9.00. The van der Waals surface area contributed by atoms with Crippen molar-refractivity contribution in [2.75, 3.05) is 0 Å². The van der Waals surface area contributed by atoms with Crippen LogP contribution in [0.4, 0.5) is 0 Å². The summed E-state index contributed by atoms with van der Waals surface area (Å²) in [5, 5.41) is 6.45. The molecule has 0 atom stereocenters. The van der Waals surface area contributed by atoms with Crippen molar-refractivity contribution in [1.82, 2.24) is 10.2 Å². The van der Waals surface area contributed by atoms with E-state index >= 15 is 0 Å². The molecule has 0 fully saturated rings. The molecule has 0 aromatic carbocycles. The summed E-state index contributed by atoms with van der Waals surface area (Å²) >= 11 is 1.10. The Morgan fingerprint density at radius 3 is 2.83 bits per heavy atom. The molecule has 3 heteroatoms. The zero-order chi connectivity index (χ0) is 4.41. The molecule has 6 heavy (non-hydrogen) atoms. The third kappa shape index (κ3) is 0.834. The summed E-state index contributed by atoms with van der Waals surface area (Å²) in [7, 11) is 0. The van der Waals surface area contributed by atoms with Crippen molar-refractivity contribution in [3.63, 3.8) is 0 Å². The van der Waals surface area contributed by atoms with Gasteiger partial charge in [-0.1, -0.05) is 0 Å². The first-order valence-corrected chi connectivity index (χ1v) is 2.85. The van der Waals surface area contributed by atoms with Crippen LogP contribution in [-0.4, -0.2) is 38.1 Å². The van der Waals surface area contributed by atoms with Crippen molar-refractivity contribution < 1.29 is 0 Å². The van der Waals surface area contributed by atoms with E-state index in [-0.39, 0.29) is 0 Å². The maximum atomic E-state index is 3.73. The fourth-order valence-corrected chi connectivity index (χ4v) is 0.574. The second-order valence-corrected chi connectivity index (χ2v) is 2.43. The first-order valence-electron chi connectivity index (χ1n) is 1.85. The molecule has 1 aromatic heterocycles. The maximum absolute atomic E-state index is 3.73. The van der Waals surface area contributed by atoms with E-state index in [2.05, 4.69) is 10.2 Å². The van der Waals surface area contributed by atoms with E-state index in [0.29, 0.717) is 0 Å². The van der Waals surface area contributed by atoms with E-state index in [1.54, 1.807) is 0 Å². The summed E-state index contributed by atoms with van der Waals surface area (Å²) in [6.45, 7) is 0. The van der Waals surface area contributed by atoms with E-state index < -0.39 is 0 Å². The number of hydrogen-bond donors (Lipinski definition) is 1. The predicted octanol–water partition coefficient (Wildman–Crippen LogP) is -0.797. The van der Waals surface area contributed by atoms with Gasteiger partial charge in [0.25, 0.3) is 0 Å². The summed E-state index contributed by atoms with van der Waals surface area (Å²) < 4.78 is 1.31. The second-order valence-electron chi connectivity index (χ2n) is 1.28. The zero-order valence-electron chi connectivity index (χ0n) is 3.60. The molecular formula is C3H3N2Na. The van der Waals surface area contributed by atoms with Crippen LogP contribution in [-0.2, 0) is 0 Å². The first-order chi connectivity index (χ1) is 2.89. The summed E-state index contributed by atoms with van der Waals surface area (Å²) in [6, 6.07) is 0. The Bertz CT molecular complexity index is 112. The van der Waals surface area contributed by atoms with Gasteiger partial charge in [0.05, 0.1) is 0 Å². The third-order valence-corrected chi connectivity index (χ3v) is 1.18.